The number of benzene rings is 2. The summed E-state index contributed by atoms with van der Waals surface area (Å²) in [6, 6.07) is 16.8. The highest BCUT2D eigenvalue weighted by Gasteiger charge is 2.34. The number of aryl methyl sites for hydroxylation is 2. The Hall–Kier alpha value is -4.79. The van der Waals surface area contributed by atoms with Crippen molar-refractivity contribution in [3.8, 4) is 17.2 Å². The molecule has 9 nitrogen and oxygen atoms in total. The van der Waals surface area contributed by atoms with E-state index in [1.807, 2.05) is 54.3 Å². The van der Waals surface area contributed by atoms with Gasteiger partial charge in [-0.05, 0) is 79.8 Å². The lowest BCUT2D eigenvalue weighted by atomic mass is 9.87. The minimum atomic E-state index is -0.340. The van der Waals surface area contributed by atoms with E-state index >= 15 is 0 Å². The summed E-state index contributed by atoms with van der Waals surface area (Å²) in [5, 5.41) is 2.90. The molecule has 0 saturated heterocycles. The van der Waals surface area contributed by atoms with Crippen molar-refractivity contribution in [1.29, 1.82) is 0 Å². The van der Waals surface area contributed by atoms with E-state index in [9.17, 15) is 9.59 Å². The first-order valence-corrected chi connectivity index (χ1v) is 13.3. The molecule has 8 bridgehead atoms. The molecule has 0 fully saturated rings. The van der Waals surface area contributed by atoms with Crippen molar-refractivity contribution in [3.63, 3.8) is 0 Å². The molecule has 2 amide bonds. The maximum absolute atomic E-state index is 13.9. The zero-order valence-electron chi connectivity index (χ0n) is 22.4. The van der Waals surface area contributed by atoms with Crippen molar-refractivity contribution in [2.75, 3.05) is 19.7 Å². The van der Waals surface area contributed by atoms with Gasteiger partial charge in [-0.2, -0.15) is 0 Å². The van der Waals surface area contributed by atoms with Gasteiger partial charge in [0.05, 0.1) is 24.4 Å². The molecule has 3 aliphatic heterocycles. The zero-order chi connectivity index (χ0) is 27.6. The normalized spacial score (nSPS) is 16.7. The van der Waals surface area contributed by atoms with E-state index in [1.165, 1.54) is 6.20 Å². The summed E-state index contributed by atoms with van der Waals surface area (Å²) in [5.74, 6) is 2.03. The molecule has 1 unspecified atom stereocenters. The molecule has 0 spiro atoms. The Morgan fingerprint density at radius 2 is 1.90 bits per heavy atom. The fourth-order valence-electron chi connectivity index (χ4n) is 5.29. The third-order valence-corrected chi connectivity index (χ3v) is 7.05. The van der Waals surface area contributed by atoms with Crippen LogP contribution in [0.1, 0.15) is 61.5 Å². The van der Waals surface area contributed by atoms with Crippen LogP contribution in [0.5, 0.6) is 17.2 Å². The number of pyridine rings is 1. The third kappa shape index (κ3) is 5.22. The Bertz CT molecular complexity index is 1580. The summed E-state index contributed by atoms with van der Waals surface area (Å²) >= 11 is 0. The van der Waals surface area contributed by atoms with E-state index < -0.39 is 0 Å². The molecule has 40 heavy (non-hydrogen) atoms. The molecule has 3 aliphatic rings. The predicted octanol–water partition coefficient (Wildman–Crippen LogP) is 4.58. The Kier molecular flexibility index (Phi) is 6.86. The number of amides is 2. The number of hydrogen-bond acceptors (Lipinski definition) is 7. The van der Waals surface area contributed by atoms with Crippen LogP contribution < -0.4 is 14.8 Å². The molecule has 0 aliphatic carbocycles. The number of ether oxygens (including phenoxy) is 2. The molecule has 5 heterocycles. The van der Waals surface area contributed by atoms with E-state index in [0.29, 0.717) is 66.9 Å². The lowest BCUT2D eigenvalue weighted by Gasteiger charge is -2.38. The van der Waals surface area contributed by atoms with Gasteiger partial charge in [0.1, 0.15) is 28.8 Å². The van der Waals surface area contributed by atoms with Gasteiger partial charge in [0, 0.05) is 25.0 Å². The summed E-state index contributed by atoms with van der Waals surface area (Å²) in [4.78, 5) is 41.4. The molecule has 1 N–H and O–H groups in total. The first-order chi connectivity index (χ1) is 19.4. The van der Waals surface area contributed by atoms with Gasteiger partial charge in [-0.25, -0.2) is 9.97 Å². The Morgan fingerprint density at radius 3 is 2.77 bits per heavy atom. The van der Waals surface area contributed by atoms with Crippen LogP contribution in [-0.4, -0.2) is 51.4 Å². The molecule has 1 atom stereocenters. The lowest BCUT2D eigenvalue weighted by molar-refractivity contribution is 0.0687. The van der Waals surface area contributed by atoms with Crippen LogP contribution in [0.3, 0.4) is 0 Å². The van der Waals surface area contributed by atoms with Crippen molar-refractivity contribution in [2.45, 2.75) is 32.7 Å². The third-order valence-electron chi connectivity index (χ3n) is 7.05. The van der Waals surface area contributed by atoms with Crippen molar-refractivity contribution in [2.24, 2.45) is 0 Å². The van der Waals surface area contributed by atoms with Crippen LogP contribution in [0, 0.1) is 13.8 Å². The largest absolute Gasteiger partial charge is 0.494 e. The van der Waals surface area contributed by atoms with Gasteiger partial charge < -0.3 is 19.7 Å². The second-order valence-corrected chi connectivity index (χ2v) is 10.00. The fraction of sp³-hybridized carbons (Fsp3) is 0.258. The molecule has 2 aromatic carbocycles. The van der Waals surface area contributed by atoms with E-state index in [4.69, 9.17) is 9.47 Å². The molecule has 202 valence electrons. The average Bonchev–Trinajstić information content (AvgIpc) is 2.95. The molecule has 0 saturated carbocycles. The highest BCUT2D eigenvalue weighted by atomic mass is 16.5. The summed E-state index contributed by atoms with van der Waals surface area (Å²) in [6.45, 7) is 5.05. The zero-order valence-corrected chi connectivity index (χ0v) is 22.4. The van der Waals surface area contributed by atoms with Gasteiger partial charge in [-0.15, -0.1) is 0 Å². The first-order valence-electron chi connectivity index (χ1n) is 13.3. The molecular weight excluding hydrogens is 506 g/mol. The highest BCUT2D eigenvalue weighted by molar-refractivity contribution is 5.94. The number of carbonyl (C=O) groups excluding carboxylic acids is 2. The predicted molar refractivity (Wildman–Crippen MR) is 148 cm³/mol. The van der Waals surface area contributed by atoms with Crippen LogP contribution in [0.25, 0.3) is 0 Å². The smallest absolute Gasteiger partial charge is 0.273 e. The maximum Gasteiger partial charge on any atom is 0.273 e. The van der Waals surface area contributed by atoms with E-state index in [2.05, 4.69) is 20.3 Å². The minimum absolute atomic E-state index is 0.142. The molecule has 9 heteroatoms. The van der Waals surface area contributed by atoms with E-state index in [0.717, 1.165) is 22.4 Å². The monoisotopic (exact) mass is 535 g/mol. The molecule has 2 aromatic heterocycles. The topological polar surface area (TPSA) is 107 Å². The van der Waals surface area contributed by atoms with Crippen LogP contribution in [0.15, 0.2) is 67.0 Å². The highest BCUT2D eigenvalue weighted by Crippen LogP contribution is 2.39. The first kappa shape index (κ1) is 25.5. The van der Waals surface area contributed by atoms with Crippen LogP contribution >= 0.6 is 0 Å². The molecule has 4 aromatic rings. The second-order valence-electron chi connectivity index (χ2n) is 10.00. The number of hydrogen-bond donors (Lipinski definition) is 1. The van der Waals surface area contributed by atoms with E-state index in [1.54, 1.807) is 25.3 Å². The Labute approximate surface area is 232 Å². The lowest BCUT2D eigenvalue weighted by Crippen LogP contribution is -2.41. The number of fused-ring (bicyclic) bond motifs is 6. The van der Waals surface area contributed by atoms with Crippen molar-refractivity contribution in [3.05, 3.63) is 106 Å². The van der Waals surface area contributed by atoms with Crippen molar-refractivity contribution in [1.82, 2.24) is 25.2 Å². The van der Waals surface area contributed by atoms with Gasteiger partial charge in [0.25, 0.3) is 11.8 Å². The van der Waals surface area contributed by atoms with Crippen LogP contribution in [-0.2, 0) is 6.42 Å². The molecular formula is C31H29N5O4. The summed E-state index contributed by atoms with van der Waals surface area (Å²) < 4.78 is 12.2. The number of nitrogens with zero attached hydrogens (tertiary/aromatic N) is 4. The van der Waals surface area contributed by atoms with Crippen molar-refractivity contribution >= 4 is 11.8 Å². The van der Waals surface area contributed by atoms with Crippen LogP contribution in [0.4, 0.5) is 0 Å². The Balaban J connectivity index is 1.43. The summed E-state index contributed by atoms with van der Waals surface area (Å²) in [7, 11) is 0. The van der Waals surface area contributed by atoms with Gasteiger partial charge in [-0.1, -0.05) is 18.2 Å². The maximum atomic E-state index is 13.9. The Morgan fingerprint density at radius 1 is 1.00 bits per heavy atom. The van der Waals surface area contributed by atoms with Gasteiger partial charge in [-0.3, -0.25) is 14.6 Å². The summed E-state index contributed by atoms with van der Waals surface area (Å²) in [5.41, 5.74) is 4.60. The second kappa shape index (κ2) is 10.8. The number of carbonyl (C=O) groups is 2. The van der Waals surface area contributed by atoms with Gasteiger partial charge in [0.2, 0.25) is 0 Å². The quantitative estimate of drug-likeness (QED) is 0.380. The van der Waals surface area contributed by atoms with Crippen LogP contribution in [0.2, 0.25) is 0 Å². The standard InChI is InChI=1S/C31H29N5O4/c1-19-13-28(35-20(2)34-19)31(38)36-11-9-21-14-25-7-8-27(21)29(36)22-5-3-6-24(15-22)39-12-4-10-33-30(37)23-16-26(40-25)18-32-17-23/h3,5-8,13-18,29H,4,9-12H2,1-2H3,(H,33,37). The fourth-order valence-corrected chi connectivity index (χ4v) is 5.29. The molecule has 0 radical (unpaired) electrons. The van der Waals surface area contributed by atoms with E-state index in [-0.39, 0.29) is 17.9 Å². The number of aromatic nitrogens is 3. The van der Waals surface area contributed by atoms with Gasteiger partial charge in [0.15, 0.2) is 0 Å². The average molecular weight is 536 g/mol. The van der Waals surface area contributed by atoms with Crippen molar-refractivity contribution < 1.29 is 19.1 Å². The number of nitrogens with one attached hydrogen (secondary N) is 1. The summed E-state index contributed by atoms with van der Waals surface area (Å²) in [6.07, 6.45) is 4.38. The van der Waals surface area contributed by atoms with Gasteiger partial charge >= 0.3 is 0 Å². The number of rotatable bonds is 1. The SMILES string of the molecule is Cc1cc(C(=O)N2CCc3cc4ccc3C2c2cccc(c2)OCCCNC(=O)c2cncc(c2)O4)nc(C)n1. The molecule has 7 rings (SSSR count). The minimum Gasteiger partial charge on any atom is -0.494 e.